The summed E-state index contributed by atoms with van der Waals surface area (Å²) in [5.74, 6) is -1.04. The van der Waals surface area contributed by atoms with Crippen molar-refractivity contribution in [1.29, 1.82) is 5.26 Å². The van der Waals surface area contributed by atoms with E-state index in [9.17, 15) is 9.90 Å². The molecule has 0 amide bonds. The lowest BCUT2D eigenvalue weighted by Crippen LogP contribution is -2.52. The van der Waals surface area contributed by atoms with Gasteiger partial charge in [-0.25, -0.2) is 0 Å². The van der Waals surface area contributed by atoms with Crippen molar-refractivity contribution in [3.05, 3.63) is 35.4 Å². The highest BCUT2D eigenvalue weighted by Gasteiger charge is 2.42. The third kappa shape index (κ3) is 3.06. The van der Waals surface area contributed by atoms with Crippen LogP contribution in [0.3, 0.4) is 0 Å². The second-order valence-electron chi connectivity index (χ2n) is 6.21. The molecule has 1 atom stereocenters. The summed E-state index contributed by atoms with van der Waals surface area (Å²) in [6.45, 7) is 2.97. The van der Waals surface area contributed by atoms with Crippen LogP contribution in [0.2, 0.25) is 0 Å². The fourth-order valence-corrected chi connectivity index (χ4v) is 3.15. The number of rotatable bonds is 3. The van der Waals surface area contributed by atoms with Gasteiger partial charge in [0.25, 0.3) is 0 Å². The quantitative estimate of drug-likeness (QED) is 0.818. The largest absolute Gasteiger partial charge is 0.548 e. The van der Waals surface area contributed by atoms with Gasteiger partial charge in [0.1, 0.15) is 5.60 Å². The first-order valence-electron chi connectivity index (χ1n) is 7.73. The highest BCUT2D eigenvalue weighted by atomic mass is 16.7. The molecule has 0 bridgehead atoms. The zero-order valence-electron chi connectivity index (χ0n) is 13.0. The van der Waals surface area contributed by atoms with E-state index >= 15 is 0 Å². The molecule has 1 unspecified atom stereocenters. The molecule has 2 aliphatic heterocycles. The van der Waals surface area contributed by atoms with Crippen molar-refractivity contribution in [2.75, 3.05) is 13.1 Å². The Balaban J connectivity index is 1.63. The number of carbonyl (C=O) groups is 1. The Hall–Kier alpha value is -2.39. The summed E-state index contributed by atoms with van der Waals surface area (Å²) >= 11 is 0. The van der Waals surface area contributed by atoms with Crippen LogP contribution in [0, 0.1) is 11.3 Å². The van der Waals surface area contributed by atoms with Crippen LogP contribution in [0.25, 0.3) is 0 Å². The normalized spacial score (nSPS) is 21.3. The van der Waals surface area contributed by atoms with Gasteiger partial charge in [0.2, 0.25) is 0 Å². The summed E-state index contributed by atoms with van der Waals surface area (Å²) < 4.78 is 0. The standard InChI is InChI=1S/C17H19N3O3/c1-12(16(21)22)20-8-6-17(7-9-20)10-15(19-23-17)14-4-2-13(11-18)3-5-14/h2-5,12H,6-10H2,1H3,(H,21,22)/p-1. The van der Waals surface area contributed by atoms with Gasteiger partial charge in [0.05, 0.1) is 23.3 Å². The molecule has 6 nitrogen and oxygen atoms in total. The highest BCUT2D eigenvalue weighted by Crippen LogP contribution is 2.36. The molecule has 0 N–H and O–H groups in total. The SMILES string of the molecule is CC(C(=O)[O-])N1CCC2(CC1)CC(c1ccc(C#N)cc1)=NO2. The number of carboxylic acids is 1. The Labute approximate surface area is 135 Å². The van der Waals surface area contributed by atoms with Gasteiger partial charge in [-0.05, 0) is 24.6 Å². The molecule has 120 valence electrons. The molecule has 0 aromatic heterocycles. The number of piperidine rings is 1. The number of likely N-dealkylation sites (tertiary alicyclic amines) is 1. The minimum Gasteiger partial charge on any atom is -0.548 e. The molecule has 0 radical (unpaired) electrons. The van der Waals surface area contributed by atoms with Crippen molar-refractivity contribution in [1.82, 2.24) is 4.90 Å². The van der Waals surface area contributed by atoms with Crippen molar-refractivity contribution in [3.8, 4) is 6.07 Å². The van der Waals surface area contributed by atoms with Gasteiger partial charge in [-0.2, -0.15) is 5.26 Å². The molecule has 2 heterocycles. The van der Waals surface area contributed by atoms with E-state index in [4.69, 9.17) is 10.1 Å². The maximum absolute atomic E-state index is 11.0. The molecule has 1 aromatic carbocycles. The average molecular weight is 312 g/mol. The number of oxime groups is 1. The third-order valence-corrected chi connectivity index (χ3v) is 4.78. The van der Waals surface area contributed by atoms with E-state index in [1.807, 2.05) is 17.0 Å². The van der Waals surface area contributed by atoms with Crippen LogP contribution in [-0.4, -0.2) is 41.3 Å². The summed E-state index contributed by atoms with van der Waals surface area (Å²) in [7, 11) is 0. The van der Waals surface area contributed by atoms with E-state index in [0.717, 1.165) is 24.1 Å². The Morgan fingerprint density at radius 2 is 2.04 bits per heavy atom. The molecule has 0 aliphatic carbocycles. The van der Waals surface area contributed by atoms with Gasteiger partial charge in [-0.1, -0.05) is 17.3 Å². The number of benzene rings is 1. The lowest BCUT2D eigenvalue weighted by atomic mass is 9.85. The molecule has 1 aromatic rings. The highest BCUT2D eigenvalue weighted by molar-refractivity contribution is 6.01. The second-order valence-corrected chi connectivity index (χ2v) is 6.21. The van der Waals surface area contributed by atoms with Gasteiger partial charge < -0.3 is 14.7 Å². The van der Waals surface area contributed by atoms with Crippen molar-refractivity contribution in [3.63, 3.8) is 0 Å². The fourth-order valence-electron chi connectivity index (χ4n) is 3.15. The summed E-state index contributed by atoms with van der Waals surface area (Å²) in [5.41, 5.74) is 2.14. The molecule has 6 heteroatoms. The molecule has 23 heavy (non-hydrogen) atoms. The van der Waals surface area contributed by atoms with E-state index in [0.29, 0.717) is 25.1 Å². The lowest BCUT2D eigenvalue weighted by Gasteiger charge is -2.40. The number of aliphatic carboxylic acids is 1. The fraction of sp³-hybridized carbons (Fsp3) is 0.471. The van der Waals surface area contributed by atoms with Crippen LogP contribution in [0.5, 0.6) is 0 Å². The smallest absolute Gasteiger partial charge is 0.145 e. The molecular formula is C17H18N3O3-. The molecule has 1 spiro atoms. The van der Waals surface area contributed by atoms with Gasteiger partial charge in [-0.3, -0.25) is 4.90 Å². The number of nitrogens with zero attached hydrogens (tertiary/aromatic N) is 3. The van der Waals surface area contributed by atoms with Crippen LogP contribution in [-0.2, 0) is 9.63 Å². The lowest BCUT2D eigenvalue weighted by molar-refractivity contribution is -0.311. The van der Waals surface area contributed by atoms with E-state index in [2.05, 4.69) is 11.2 Å². The Kier molecular flexibility index (Phi) is 4.05. The summed E-state index contributed by atoms with van der Waals surface area (Å²) in [6.07, 6.45) is 2.20. The van der Waals surface area contributed by atoms with E-state index in [1.54, 1.807) is 19.1 Å². The second kappa shape index (κ2) is 6.01. The number of nitriles is 1. The first-order chi connectivity index (χ1) is 11.0. The van der Waals surface area contributed by atoms with E-state index < -0.39 is 12.0 Å². The van der Waals surface area contributed by atoms with Gasteiger partial charge >= 0.3 is 0 Å². The summed E-state index contributed by atoms with van der Waals surface area (Å²) in [5, 5.41) is 24.0. The monoisotopic (exact) mass is 312 g/mol. The third-order valence-electron chi connectivity index (χ3n) is 4.78. The number of carboxylic acid groups (broad SMARTS) is 1. The minimum absolute atomic E-state index is 0.328. The first-order valence-corrected chi connectivity index (χ1v) is 7.73. The Morgan fingerprint density at radius 3 is 2.61 bits per heavy atom. The molecule has 3 rings (SSSR count). The van der Waals surface area contributed by atoms with Crippen molar-refractivity contribution < 1.29 is 14.7 Å². The molecule has 0 saturated carbocycles. The van der Waals surface area contributed by atoms with Gasteiger partial charge in [0.15, 0.2) is 0 Å². The van der Waals surface area contributed by atoms with E-state index in [-0.39, 0.29) is 5.60 Å². The van der Waals surface area contributed by atoms with Crippen LogP contribution in [0.15, 0.2) is 29.4 Å². The van der Waals surface area contributed by atoms with Crippen LogP contribution >= 0.6 is 0 Å². The van der Waals surface area contributed by atoms with Crippen molar-refractivity contribution in [2.24, 2.45) is 5.16 Å². The summed E-state index contributed by atoms with van der Waals surface area (Å²) in [4.78, 5) is 18.6. The Morgan fingerprint density at radius 1 is 1.39 bits per heavy atom. The maximum Gasteiger partial charge on any atom is 0.145 e. The van der Waals surface area contributed by atoms with Crippen molar-refractivity contribution >= 4 is 11.7 Å². The zero-order valence-corrected chi connectivity index (χ0v) is 13.0. The molecule has 1 saturated heterocycles. The van der Waals surface area contributed by atoms with Crippen LogP contribution < -0.4 is 5.11 Å². The van der Waals surface area contributed by atoms with Gasteiger partial charge in [-0.15, -0.1) is 0 Å². The predicted octanol–water partition coefficient (Wildman–Crippen LogP) is 0.656. The van der Waals surface area contributed by atoms with Gasteiger partial charge in [0, 0.05) is 38.4 Å². The first kappa shape index (κ1) is 15.5. The summed E-state index contributed by atoms with van der Waals surface area (Å²) in [6, 6.07) is 8.83. The van der Waals surface area contributed by atoms with Crippen LogP contribution in [0.1, 0.15) is 37.3 Å². The molecule has 2 aliphatic rings. The molecule has 1 fully saturated rings. The zero-order chi connectivity index (χ0) is 16.4. The number of hydrogen-bond donors (Lipinski definition) is 0. The Bertz CT molecular complexity index is 667. The maximum atomic E-state index is 11.0. The average Bonchev–Trinajstić information content (AvgIpc) is 2.99. The van der Waals surface area contributed by atoms with E-state index in [1.165, 1.54) is 0 Å². The predicted molar refractivity (Wildman–Crippen MR) is 81.4 cm³/mol. The number of carbonyl (C=O) groups excluding carboxylic acids is 1. The van der Waals surface area contributed by atoms with Crippen LogP contribution in [0.4, 0.5) is 0 Å². The molecular weight excluding hydrogens is 294 g/mol. The number of hydrogen-bond acceptors (Lipinski definition) is 6. The van der Waals surface area contributed by atoms with Crippen molar-refractivity contribution in [2.45, 2.75) is 37.8 Å². The minimum atomic E-state index is -1.04. The topological polar surface area (TPSA) is 88.8 Å².